The first-order valence-electron chi connectivity index (χ1n) is 13.6. The van der Waals surface area contributed by atoms with Gasteiger partial charge in [0.2, 0.25) is 5.43 Å². The summed E-state index contributed by atoms with van der Waals surface area (Å²) in [5, 5.41) is 14.8. The van der Waals surface area contributed by atoms with Crippen molar-refractivity contribution in [3.63, 3.8) is 0 Å². The molecule has 2 atom stereocenters. The summed E-state index contributed by atoms with van der Waals surface area (Å²) in [6.07, 6.45) is 7.49. The molecule has 4 aromatic heterocycles. The van der Waals surface area contributed by atoms with E-state index in [9.17, 15) is 9.90 Å². The molecule has 208 valence electrons. The van der Waals surface area contributed by atoms with Gasteiger partial charge >= 0.3 is 0 Å². The molecule has 2 unspecified atom stereocenters. The predicted octanol–water partition coefficient (Wildman–Crippen LogP) is 3.67. The van der Waals surface area contributed by atoms with Crippen LogP contribution in [0, 0.1) is 5.82 Å². The zero-order chi connectivity index (χ0) is 27.8. The molecule has 0 bridgehead atoms. The molecule has 0 saturated carbocycles. The number of thioether (sulfide) groups is 1. The Hall–Kier alpha value is -3.38. The van der Waals surface area contributed by atoms with Crippen LogP contribution < -0.4 is 10.7 Å². The first-order chi connectivity index (χ1) is 19.4. The molecule has 6 rings (SSSR count). The minimum absolute atomic E-state index is 0.135. The molecule has 0 amide bonds. The van der Waals surface area contributed by atoms with Crippen molar-refractivity contribution >= 4 is 39.5 Å². The van der Waals surface area contributed by atoms with Crippen molar-refractivity contribution in [2.75, 3.05) is 25.9 Å². The van der Waals surface area contributed by atoms with Gasteiger partial charge in [0.15, 0.2) is 11.5 Å². The van der Waals surface area contributed by atoms with Crippen LogP contribution in [0.3, 0.4) is 0 Å². The normalized spacial score (nSPS) is 16.9. The number of aliphatic hydroxyl groups is 1. The van der Waals surface area contributed by atoms with Crippen LogP contribution in [-0.4, -0.2) is 65.9 Å². The van der Waals surface area contributed by atoms with Crippen molar-refractivity contribution in [3.8, 4) is 0 Å². The molecule has 1 aliphatic heterocycles. The fraction of sp³-hybridized carbons (Fsp3) is 0.379. The molecule has 11 heteroatoms. The van der Waals surface area contributed by atoms with E-state index in [1.807, 2.05) is 40.3 Å². The van der Waals surface area contributed by atoms with E-state index in [1.54, 1.807) is 18.6 Å². The van der Waals surface area contributed by atoms with Crippen molar-refractivity contribution in [2.45, 2.75) is 43.0 Å². The van der Waals surface area contributed by atoms with Crippen LogP contribution in [0.25, 0.3) is 27.7 Å². The second-order valence-electron chi connectivity index (χ2n) is 10.3. The van der Waals surface area contributed by atoms with E-state index in [0.717, 1.165) is 36.1 Å². The molecular weight excluding hydrogens is 529 g/mol. The third-order valence-corrected chi connectivity index (χ3v) is 8.82. The van der Waals surface area contributed by atoms with Gasteiger partial charge in [-0.15, -0.1) is 11.8 Å². The fourth-order valence-electron chi connectivity index (χ4n) is 5.77. The third kappa shape index (κ3) is 4.87. The van der Waals surface area contributed by atoms with Gasteiger partial charge < -0.3 is 14.6 Å². The predicted molar refractivity (Wildman–Crippen MR) is 155 cm³/mol. The summed E-state index contributed by atoms with van der Waals surface area (Å²) in [7, 11) is 3.99. The number of rotatable bonds is 9. The monoisotopic (exact) mass is 561 g/mol. The highest BCUT2D eigenvalue weighted by Gasteiger charge is 2.26. The number of aromatic nitrogens is 5. The van der Waals surface area contributed by atoms with E-state index in [2.05, 4.69) is 32.2 Å². The van der Waals surface area contributed by atoms with Crippen molar-refractivity contribution in [1.82, 2.24) is 34.1 Å². The molecule has 1 aromatic carbocycles. The molecule has 1 saturated heterocycles. The van der Waals surface area contributed by atoms with Gasteiger partial charge in [0.25, 0.3) is 0 Å². The SMILES string of the molecule is CN1CCCC1CCNC(O)c1c(=O)c2cc(F)c(SCCc3cnccn3)nc2n2c3ccccc3n(C)c12. The zero-order valence-corrected chi connectivity index (χ0v) is 23.4. The Morgan fingerprint density at radius 2 is 2.05 bits per heavy atom. The second kappa shape index (κ2) is 11.2. The van der Waals surface area contributed by atoms with Crippen LogP contribution in [0.4, 0.5) is 4.39 Å². The van der Waals surface area contributed by atoms with Gasteiger partial charge in [-0.25, -0.2) is 9.37 Å². The first kappa shape index (κ1) is 26.8. The highest BCUT2D eigenvalue weighted by Crippen LogP contribution is 2.30. The van der Waals surface area contributed by atoms with Crippen LogP contribution in [0.2, 0.25) is 0 Å². The standard InChI is InChI=1S/C29H32FN7O2S/c1-35-14-5-6-19(35)9-11-33-27(39)24-25(38)20-16-21(30)28(40-15-10-18-17-31-12-13-32-18)34-26(20)37-23-8-4-3-7-22(23)36(2)29(24)37/h3-4,7-8,12-13,16-17,19,27,33,39H,5-6,9-11,14-15H2,1-2H3. The molecule has 0 radical (unpaired) electrons. The van der Waals surface area contributed by atoms with Crippen LogP contribution >= 0.6 is 11.8 Å². The minimum Gasteiger partial charge on any atom is -0.374 e. The number of aliphatic hydroxyl groups excluding tert-OH is 1. The maximum Gasteiger partial charge on any atom is 0.200 e. The smallest absolute Gasteiger partial charge is 0.200 e. The van der Waals surface area contributed by atoms with Gasteiger partial charge in [0.05, 0.1) is 27.7 Å². The van der Waals surface area contributed by atoms with Crippen molar-refractivity contribution in [1.29, 1.82) is 0 Å². The van der Waals surface area contributed by atoms with Crippen molar-refractivity contribution in [3.05, 3.63) is 76.2 Å². The third-order valence-electron chi connectivity index (χ3n) is 7.85. The number of nitrogens with one attached hydrogen (secondary N) is 1. The Balaban J connectivity index is 1.41. The number of halogens is 1. The summed E-state index contributed by atoms with van der Waals surface area (Å²) < 4.78 is 19.1. The highest BCUT2D eigenvalue weighted by atomic mass is 32.2. The van der Waals surface area contributed by atoms with E-state index in [0.29, 0.717) is 36.1 Å². The Labute approximate surface area is 235 Å². The van der Waals surface area contributed by atoms with E-state index in [4.69, 9.17) is 0 Å². The summed E-state index contributed by atoms with van der Waals surface area (Å²) >= 11 is 1.28. The summed E-state index contributed by atoms with van der Waals surface area (Å²) in [6.45, 7) is 1.63. The Morgan fingerprint density at radius 1 is 1.23 bits per heavy atom. The van der Waals surface area contributed by atoms with Crippen LogP contribution in [0.1, 0.15) is 36.7 Å². The quantitative estimate of drug-likeness (QED) is 0.208. The van der Waals surface area contributed by atoms with E-state index in [-0.39, 0.29) is 16.0 Å². The molecule has 0 spiro atoms. The molecule has 9 nitrogen and oxygen atoms in total. The van der Waals surface area contributed by atoms with Crippen molar-refractivity contribution < 1.29 is 9.50 Å². The van der Waals surface area contributed by atoms with E-state index < -0.39 is 17.5 Å². The Kier molecular flexibility index (Phi) is 7.54. The molecule has 40 heavy (non-hydrogen) atoms. The summed E-state index contributed by atoms with van der Waals surface area (Å²) in [6, 6.07) is 9.45. The molecule has 2 N–H and O–H groups in total. The number of hydrogen-bond acceptors (Lipinski definition) is 8. The maximum absolute atomic E-state index is 15.3. The lowest BCUT2D eigenvalue weighted by Gasteiger charge is -2.21. The number of fused-ring (bicyclic) bond motifs is 5. The lowest BCUT2D eigenvalue weighted by Crippen LogP contribution is -2.33. The minimum atomic E-state index is -1.22. The highest BCUT2D eigenvalue weighted by molar-refractivity contribution is 7.99. The van der Waals surface area contributed by atoms with Crippen LogP contribution in [0.5, 0.6) is 0 Å². The molecule has 5 aromatic rings. The molecule has 1 aliphatic rings. The molecular formula is C29H32FN7O2S. The van der Waals surface area contributed by atoms with Gasteiger partial charge in [0.1, 0.15) is 16.9 Å². The largest absolute Gasteiger partial charge is 0.374 e. The zero-order valence-electron chi connectivity index (χ0n) is 22.5. The van der Waals surface area contributed by atoms with Crippen LogP contribution in [-0.2, 0) is 13.5 Å². The summed E-state index contributed by atoms with van der Waals surface area (Å²) in [5.41, 5.74) is 3.17. The first-order valence-corrected chi connectivity index (χ1v) is 14.5. The summed E-state index contributed by atoms with van der Waals surface area (Å²) in [5.74, 6) is -0.00917. The number of imidazole rings is 1. The number of hydrogen-bond donors (Lipinski definition) is 2. The lowest BCUT2D eigenvalue weighted by molar-refractivity contribution is 0.135. The van der Waals surface area contributed by atoms with E-state index >= 15 is 4.39 Å². The maximum atomic E-state index is 15.3. The van der Waals surface area contributed by atoms with Gasteiger partial charge in [0, 0.05) is 43.9 Å². The molecule has 0 aliphatic carbocycles. The summed E-state index contributed by atoms with van der Waals surface area (Å²) in [4.78, 5) is 29.2. The number of nitrogens with zero attached hydrogens (tertiary/aromatic N) is 6. The van der Waals surface area contributed by atoms with E-state index in [1.165, 1.54) is 24.2 Å². The topological polar surface area (TPSA) is 101 Å². The fourth-order valence-corrected chi connectivity index (χ4v) is 6.62. The van der Waals surface area contributed by atoms with Crippen molar-refractivity contribution in [2.24, 2.45) is 7.05 Å². The Morgan fingerprint density at radius 3 is 2.80 bits per heavy atom. The number of benzene rings is 1. The second-order valence-corrected chi connectivity index (χ2v) is 11.4. The average molecular weight is 562 g/mol. The van der Waals surface area contributed by atoms with Gasteiger partial charge in [-0.3, -0.25) is 24.5 Å². The molecule has 1 fully saturated rings. The van der Waals surface area contributed by atoms with Crippen LogP contribution in [0.15, 0.2) is 58.7 Å². The Bertz CT molecular complexity index is 1740. The lowest BCUT2D eigenvalue weighted by atomic mass is 10.1. The number of pyridine rings is 2. The number of likely N-dealkylation sites (tertiary alicyclic amines) is 1. The number of para-hydroxylation sites is 2. The number of aryl methyl sites for hydroxylation is 2. The molecule has 5 heterocycles. The van der Waals surface area contributed by atoms with Gasteiger partial charge in [-0.2, -0.15) is 0 Å². The van der Waals surface area contributed by atoms with Gasteiger partial charge in [-0.05, 0) is 57.6 Å². The average Bonchev–Trinajstić information content (AvgIpc) is 3.50. The van der Waals surface area contributed by atoms with Gasteiger partial charge in [-0.1, -0.05) is 12.1 Å².